The molecule has 0 aromatic rings. The summed E-state index contributed by atoms with van der Waals surface area (Å²) in [4.78, 5) is 0. The molecular weight excluding hydrogens is 186 g/mol. The van der Waals surface area contributed by atoms with E-state index in [9.17, 15) is 8.42 Å². The van der Waals surface area contributed by atoms with Crippen molar-refractivity contribution in [3.05, 3.63) is 0 Å². The molecule has 0 saturated carbocycles. The van der Waals surface area contributed by atoms with Crippen LogP contribution in [0.2, 0.25) is 0 Å². The third-order valence-electron chi connectivity index (χ3n) is 2.91. The predicted octanol–water partition coefficient (Wildman–Crippen LogP) is 0.939. The highest BCUT2D eigenvalue weighted by Crippen LogP contribution is 2.22. The van der Waals surface area contributed by atoms with E-state index in [1.54, 1.807) is 0 Å². The van der Waals surface area contributed by atoms with Gasteiger partial charge >= 0.3 is 0 Å². The molecule has 1 aliphatic rings. The van der Waals surface area contributed by atoms with E-state index in [1.807, 2.05) is 0 Å². The number of hydrogen-bond acceptors (Lipinski definition) is 3. The van der Waals surface area contributed by atoms with E-state index in [4.69, 9.17) is 5.73 Å². The lowest BCUT2D eigenvalue weighted by molar-refractivity contribution is 0.377. The van der Waals surface area contributed by atoms with Gasteiger partial charge < -0.3 is 5.73 Å². The Morgan fingerprint density at radius 3 is 2.69 bits per heavy atom. The lowest BCUT2D eigenvalue weighted by atomic mass is 9.91. The Hall–Kier alpha value is -0.0900. The van der Waals surface area contributed by atoms with Gasteiger partial charge in [-0.05, 0) is 31.6 Å². The Morgan fingerprint density at radius 2 is 2.08 bits per heavy atom. The smallest absolute Gasteiger partial charge is 0.150 e. The number of hydrogen-bond donors (Lipinski definition) is 1. The first-order chi connectivity index (χ1) is 6.05. The molecule has 0 radical (unpaired) electrons. The summed E-state index contributed by atoms with van der Waals surface area (Å²) in [6.07, 6.45) is 3.48. The van der Waals surface area contributed by atoms with Gasteiger partial charge in [-0.1, -0.05) is 6.92 Å². The minimum Gasteiger partial charge on any atom is -0.327 e. The van der Waals surface area contributed by atoms with Crippen LogP contribution in [0.3, 0.4) is 0 Å². The van der Waals surface area contributed by atoms with Crippen molar-refractivity contribution in [1.82, 2.24) is 0 Å². The molecular formula is C9H19NO2S. The zero-order valence-corrected chi connectivity index (χ0v) is 9.02. The standard InChI is InChI=1S/C9H19NO2S/c1-2-9(10)8-4-3-6-13(11,12)7-5-8/h8-9H,2-7,10H2,1H3. The SMILES string of the molecule is CCC(N)C1CCCS(=O)(=O)CC1. The van der Waals surface area contributed by atoms with Crippen LogP contribution in [-0.4, -0.2) is 26.0 Å². The summed E-state index contributed by atoms with van der Waals surface area (Å²) in [5.41, 5.74) is 5.91. The fourth-order valence-corrected chi connectivity index (χ4v) is 3.38. The van der Waals surface area contributed by atoms with E-state index in [1.165, 1.54) is 0 Å². The lowest BCUT2D eigenvalue weighted by Crippen LogP contribution is -2.29. The molecule has 1 saturated heterocycles. The van der Waals surface area contributed by atoms with Crippen molar-refractivity contribution >= 4 is 9.84 Å². The maximum absolute atomic E-state index is 11.3. The van der Waals surface area contributed by atoms with Gasteiger partial charge in [0.25, 0.3) is 0 Å². The molecule has 1 rings (SSSR count). The topological polar surface area (TPSA) is 60.2 Å². The maximum Gasteiger partial charge on any atom is 0.150 e. The lowest BCUT2D eigenvalue weighted by Gasteiger charge is -2.19. The summed E-state index contributed by atoms with van der Waals surface area (Å²) in [6, 6.07) is 0.188. The molecule has 1 heterocycles. The van der Waals surface area contributed by atoms with Gasteiger partial charge in [-0.3, -0.25) is 0 Å². The van der Waals surface area contributed by atoms with Gasteiger partial charge in [0, 0.05) is 6.04 Å². The van der Waals surface area contributed by atoms with Gasteiger partial charge in [0.2, 0.25) is 0 Å². The maximum atomic E-state index is 11.3. The molecule has 0 spiro atoms. The zero-order chi connectivity index (χ0) is 9.90. The van der Waals surface area contributed by atoms with E-state index in [-0.39, 0.29) is 6.04 Å². The van der Waals surface area contributed by atoms with Crippen LogP contribution in [0, 0.1) is 5.92 Å². The second-order valence-corrected chi connectivity index (χ2v) is 6.22. The first kappa shape index (κ1) is 11.0. The molecule has 2 N–H and O–H groups in total. The van der Waals surface area contributed by atoms with Crippen LogP contribution in [0.25, 0.3) is 0 Å². The Kier molecular flexibility index (Phi) is 3.74. The number of rotatable bonds is 2. The van der Waals surface area contributed by atoms with E-state index in [0.717, 1.165) is 25.7 Å². The summed E-state index contributed by atoms with van der Waals surface area (Å²) < 4.78 is 22.6. The molecule has 78 valence electrons. The second-order valence-electron chi connectivity index (χ2n) is 3.91. The molecule has 0 amide bonds. The average molecular weight is 205 g/mol. The molecule has 4 heteroatoms. The molecule has 0 bridgehead atoms. The predicted molar refractivity (Wildman–Crippen MR) is 54.3 cm³/mol. The molecule has 1 aliphatic heterocycles. The average Bonchev–Trinajstić information content (AvgIpc) is 2.25. The third-order valence-corrected chi connectivity index (χ3v) is 4.68. The molecule has 0 aromatic carbocycles. The van der Waals surface area contributed by atoms with Crippen molar-refractivity contribution in [1.29, 1.82) is 0 Å². The Labute approximate surface area is 80.6 Å². The molecule has 0 aromatic heterocycles. The van der Waals surface area contributed by atoms with Gasteiger partial charge in [0.05, 0.1) is 11.5 Å². The van der Waals surface area contributed by atoms with Crippen molar-refractivity contribution in [3.63, 3.8) is 0 Å². The minimum absolute atomic E-state index is 0.188. The molecule has 0 aliphatic carbocycles. The Morgan fingerprint density at radius 1 is 1.38 bits per heavy atom. The first-order valence-corrected chi connectivity index (χ1v) is 6.83. The largest absolute Gasteiger partial charge is 0.327 e. The van der Waals surface area contributed by atoms with E-state index < -0.39 is 9.84 Å². The third kappa shape index (κ3) is 3.27. The number of sulfone groups is 1. The van der Waals surface area contributed by atoms with Crippen LogP contribution < -0.4 is 5.73 Å². The van der Waals surface area contributed by atoms with Gasteiger partial charge in [-0.2, -0.15) is 0 Å². The fourth-order valence-electron chi connectivity index (χ4n) is 1.90. The summed E-state index contributed by atoms with van der Waals surface area (Å²) >= 11 is 0. The van der Waals surface area contributed by atoms with Crippen molar-refractivity contribution < 1.29 is 8.42 Å². The van der Waals surface area contributed by atoms with Crippen molar-refractivity contribution in [2.75, 3.05) is 11.5 Å². The van der Waals surface area contributed by atoms with Crippen LogP contribution in [-0.2, 0) is 9.84 Å². The monoisotopic (exact) mass is 205 g/mol. The molecule has 2 unspecified atom stereocenters. The van der Waals surface area contributed by atoms with Gasteiger partial charge in [0.15, 0.2) is 0 Å². The highest BCUT2D eigenvalue weighted by molar-refractivity contribution is 7.91. The van der Waals surface area contributed by atoms with E-state index in [0.29, 0.717) is 17.4 Å². The van der Waals surface area contributed by atoms with Gasteiger partial charge in [-0.15, -0.1) is 0 Å². The summed E-state index contributed by atoms with van der Waals surface area (Å²) in [7, 11) is -2.75. The van der Waals surface area contributed by atoms with Crippen molar-refractivity contribution in [2.45, 2.75) is 38.6 Å². The van der Waals surface area contributed by atoms with Crippen LogP contribution in [0.1, 0.15) is 32.6 Å². The van der Waals surface area contributed by atoms with Gasteiger partial charge in [-0.25, -0.2) is 8.42 Å². The van der Waals surface area contributed by atoms with Crippen LogP contribution >= 0.6 is 0 Å². The highest BCUT2D eigenvalue weighted by atomic mass is 32.2. The van der Waals surface area contributed by atoms with Gasteiger partial charge in [0.1, 0.15) is 9.84 Å². The Balaban J connectivity index is 2.54. The summed E-state index contributed by atoms with van der Waals surface area (Å²) in [5, 5.41) is 0. The van der Waals surface area contributed by atoms with Crippen LogP contribution in [0.15, 0.2) is 0 Å². The molecule has 3 nitrogen and oxygen atoms in total. The summed E-state index contributed by atoms with van der Waals surface area (Å²) in [5.74, 6) is 1.12. The van der Waals surface area contributed by atoms with Crippen LogP contribution in [0.5, 0.6) is 0 Å². The molecule has 13 heavy (non-hydrogen) atoms. The quantitative estimate of drug-likeness (QED) is 0.730. The first-order valence-electron chi connectivity index (χ1n) is 5.01. The zero-order valence-electron chi connectivity index (χ0n) is 8.20. The second kappa shape index (κ2) is 4.42. The highest BCUT2D eigenvalue weighted by Gasteiger charge is 2.23. The Bertz CT molecular complexity index is 248. The normalized spacial score (nSPS) is 30.8. The fraction of sp³-hybridized carbons (Fsp3) is 1.00. The van der Waals surface area contributed by atoms with Crippen molar-refractivity contribution in [3.8, 4) is 0 Å². The summed E-state index contributed by atoms with van der Waals surface area (Å²) in [6.45, 7) is 2.06. The van der Waals surface area contributed by atoms with E-state index in [2.05, 4.69) is 6.92 Å². The van der Waals surface area contributed by atoms with E-state index >= 15 is 0 Å². The minimum atomic E-state index is -2.75. The molecule has 2 atom stereocenters. The molecule has 1 fully saturated rings. The number of nitrogens with two attached hydrogens (primary N) is 1. The van der Waals surface area contributed by atoms with Crippen molar-refractivity contribution in [2.24, 2.45) is 11.7 Å². The van der Waals surface area contributed by atoms with Crippen LogP contribution in [0.4, 0.5) is 0 Å².